The van der Waals surface area contributed by atoms with Crippen LogP contribution in [0.4, 0.5) is 17.1 Å². The van der Waals surface area contributed by atoms with Gasteiger partial charge in [0.1, 0.15) is 23.0 Å². The maximum absolute atomic E-state index is 6.77. The maximum Gasteiger partial charge on any atom is 0.266 e. The average molecular weight is 513 g/mol. The molecule has 0 fully saturated rings. The van der Waals surface area contributed by atoms with Gasteiger partial charge < -0.3 is 14.4 Å². The molecule has 0 bridgehead atoms. The third-order valence-electron chi connectivity index (χ3n) is 8.04. The van der Waals surface area contributed by atoms with Crippen molar-refractivity contribution >= 4 is 40.2 Å². The molecular formula is C34H20BN3O2. The van der Waals surface area contributed by atoms with Crippen molar-refractivity contribution in [2.24, 2.45) is 0 Å². The van der Waals surface area contributed by atoms with Crippen molar-refractivity contribution in [3.8, 4) is 45.5 Å². The normalized spacial score (nSPS) is 13.3. The van der Waals surface area contributed by atoms with Gasteiger partial charge in [-0.25, -0.2) is 0 Å². The maximum atomic E-state index is 6.77. The summed E-state index contributed by atoms with van der Waals surface area (Å²) in [5.74, 6) is 3.32. The van der Waals surface area contributed by atoms with Gasteiger partial charge in [0.15, 0.2) is 0 Å². The smallest absolute Gasteiger partial charge is 0.266 e. The van der Waals surface area contributed by atoms with Crippen LogP contribution in [0.25, 0.3) is 22.5 Å². The Bertz CT molecular complexity index is 1840. The summed E-state index contributed by atoms with van der Waals surface area (Å²) in [6.45, 7) is -0.0593. The zero-order chi connectivity index (χ0) is 26.2. The van der Waals surface area contributed by atoms with Crippen LogP contribution in [0.15, 0.2) is 122 Å². The van der Waals surface area contributed by atoms with Crippen LogP contribution in [0.2, 0.25) is 0 Å². The third-order valence-corrected chi connectivity index (χ3v) is 8.04. The van der Waals surface area contributed by atoms with Gasteiger partial charge in [-0.3, -0.25) is 9.97 Å². The van der Waals surface area contributed by atoms with Gasteiger partial charge in [0.05, 0.1) is 11.4 Å². The van der Waals surface area contributed by atoms with E-state index in [1.54, 1.807) is 0 Å². The minimum Gasteiger partial charge on any atom is -0.458 e. The second-order valence-electron chi connectivity index (χ2n) is 10.2. The summed E-state index contributed by atoms with van der Waals surface area (Å²) >= 11 is 0. The van der Waals surface area contributed by atoms with Crippen molar-refractivity contribution in [3.63, 3.8) is 0 Å². The quantitative estimate of drug-likeness (QED) is 0.259. The van der Waals surface area contributed by atoms with Gasteiger partial charge in [0.25, 0.3) is 6.71 Å². The SMILES string of the molecule is c1ccc(N2c3ccc(-c4ccccn4)c4c3B3c5c(cccc5Oc5c(-c6ccccn6)ccc2c53)O4)cc1. The van der Waals surface area contributed by atoms with Crippen LogP contribution in [0.3, 0.4) is 0 Å². The molecule has 0 saturated heterocycles. The molecule has 186 valence electrons. The lowest BCUT2D eigenvalue weighted by atomic mass is 9.33. The lowest BCUT2D eigenvalue weighted by Crippen LogP contribution is -2.61. The minimum atomic E-state index is -0.0593. The van der Waals surface area contributed by atoms with E-state index >= 15 is 0 Å². The first kappa shape index (κ1) is 21.6. The molecule has 2 aromatic heterocycles. The zero-order valence-corrected chi connectivity index (χ0v) is 21.3. The molecule has 0 saturated carbocycles. The van der Waals surface area contributed by atoms with Crippen molar-refractivity contribution < 1.29 is 9.47 Å². The van der Waals surface area contributed by atoms with E-state index in [4.69, 9.17) is 9.47 Å². The van der Waals surface area contributed by atoms with E-state index in [2.05, 4.69) is 63.4 Å². The molecule has 9 rings (SSSR count). The number of nitrogens with zero attached hydrogens (tertiary/aromatic N) is 3. The zero-order valence-electron chi connectivity index (χ0n) is 21.3. The molecule has 3 aliphatic rings. The molecule has 0 atom stereocenters. The van der Waals surface area contributed by atoms with E-state index in [1.807, 2.05) is 73.1 Å². The summed E-state index contributed by atoms with van der Waals surface area (Å²) < 4.78 is 13.5. The highest BCUT2D eigenvalue weighted by Crippen LogP contribution is 2.49. The first-order chi connectivity index (χ1) is 19.9. The van der Waals surface area contributed by atoms with Crippen LogP contribution >= 0.6 is 0 Å². The number of hydrogen-bond donors (Lipinski definition) is 0. The molecular weight excluding hydrogens is 493 g/mol. The number of pyridine rings is 2. The highest BCUT2D eigenvalue weighted by molar-refractivity contribution is 7.00. The molecule has 0 radical (unpaired) electrons. The largest absolute Gasteiger partial charge is 0.458 e. The summed E-state index contributed by atoms with van der Waals surface area (Å²) in [6.07, 6.45) is 3.65. The molecule has 0 spiro atoms. The Balaban J connectivity index is 1.41. The first-order valence-electron chi connectivity index (χ1n) is 13.4. The molecule has 4 aromatic carbocycles. The van der Waals surface area contributed by atoms with Crippen LogP contribution in [0.5, 0.6) is 23.0 Å². The van der Waals surface area contributed by atoms with Crippen molar-refractivity contribution in [1.82, 2.24) is 9.97 Å². The third kappa shape index (κ3) is 2.87. The Morgan fingerprint density at radius 2 is 1.05 bits per heavy atom. The molecule has 0 N–H and O–H groups in total. The Morgan fingerprint density at radius 1 is 0.500 bits per heavy atom. The van der Waals surface area contributed by atoms with Crippen LogP contribution in [-0.2, 0) is 0 Å². The van der Waals surface area contributed by atoms with Crippen molar-refractivity contribution in [3.05, 3.63) is 122 Å². The summed E-state index contributed by atoms with van der Waals surface area (Å²) in [6, 6.07) is 37.2. The number of ether oxygens (including phenoxy) is 2. The number of rotatable bonds is 3. The van der Waals surface area contributed by atoms with Crippen LogP contribution in [0.1, 0.15) is 0 Å². The van der Waals surface area contributed by atoms with Gasteiger partial charge in [-0.2, -0.15) is 0 Å². The van der Waals surface area contributed by atoms with Gasteiger partial charge in [-0.1, -0.05) is 36.4 Å². The van der Waals surface area contributed by atoms with Crippen molar-refractivity contribution in [1.29, 1.82) is 0 Å². The average Bonchev–Trinajstić information content (AvgIpc) is 3.02. The van der Waals surface area contributed by atoms with Gasteiger partial charge in [0, 0.05) is 46.0 Å². The minimum absolute atomic E-state index is 0.0593. The molecule has 6 aromatic rings. The second kappa shape index (κ2) is 8.07. The lowest BCUT2D eigenvalue weighted by molar-refractivity contribution is 0.466. The second-order valence-corrected chi connectivity index (χ2v) is 10.2. The fraction of sp³-hybridized carbons (Fsp3) is 0. The fourth-order valence-corrected chi connectivity index (χ4v) is 6.42. The molecule has 5 nitrogen and oxygen atoms in total. The summed E-state index contributed by atoms with van der Waals surface area (Å²) in [7, 11) is 0. The molecule has 0 amide bonds. The summed E-state index contributed by atoms with van der Waals surface area (Å²) in [5.41, 5.74) is 10.3. The molecule has 5 heterocycles. The highest BCUT2D eigenvalue weighted by Gasteiger charge is 2.48. The Morgan fingerprint density at radius 3 is 1.57 bits per heavy atom. The first-order valence-corrected chi connectivity index (χ1v) is 13.4. The standard InChI is InChI=1S/C34H20BN3O2/c1-2-9-21(10-3-1)38-26-17-15-22(24-11-4-6-19-36-24)33-30(26)35-31-27(38)18-16-23(25-12-5-7-20-37-25)34(31)40-29-14-8-13-28(39-33)32(29)35/h1-20H. The summed E-state index contributed by atoms with van der Waals surface area (Å²) in [5, 5.41) is 0. The number of anilines is 3. The Hall–Kier alpha value is -5.36. The molecule has 6 heteroatoms. The fourth-order valence-electron chi connectivity index (χ4n) is 6.42. The summed E-state index contributed by atoms with van der Waals surface area (Å²) in [4.78, 5) is 11.7. The highest BCUT2D eigenvalue weighted by atomic mass is 16.5. The Labute approximate surface area is 231 Å². The van der Waals surface area contributed by atoms with Crippen molar-refractivity contribution in [2.75, 3.05) is 4.90 Å². The van der Waals surface area contributed by atoms with E-state index in [-0.39, 0.29) is 6.71 Å². The number of para-hydroxylation sites is 1. The van der Waals surface area contributed by atoms with E-state index in [1.165, 1.54) is 0 Å². The van der Waals surface area contributed by atoms with Crippen LogP contribution in [0, 0.1) is 0 Å². The number of hydrogen-bond acceptors (Lipinski definition) is 5. The number of benzene rings is 4. The van der Waals surface area contributed by atoms with Gasteiger partial charge >= 0.3 is 0 Å². The van der Waals surface area contributed by atoms with E-state index in [9.17, 15) is 0 Å². The lowest BCUT2D eigenvalue weighted by Gasteiger charge is -2.43. The van der Waals surface area contributed by atoms with Crippen LogP contribution in [-0.4, -0.2) is 16.7 Å². The van der Waals surface area contributed by atoms with E-state index < -0.39 is 0 Å². The topological polar surface area (TPSA) is 47.5 Å². The Kier molecular flexibility index (Phi) is 4.35. The van der Waals surface area contributed by atoms with Crippen LogP contribution < -0.4 is 30.8 Å². The molecule has 0 aliphatic carbocycles. The van der Waals surface area contributed by atoms with Crippen molar-refractivity contribution in [2.45, 2.75) is 0 Å². The van der Waals surface area contributed by atoms with Gasteiger partial charge in [-0.15, -0.1) is 0 Å². The van der Waals surface area contributed by atoms with Gasteiger partial charge in [-0.05, 0) is 83.7 Å². The predicted octanol–water partition coefficient (Wildman–Crippen LogP) is 6.32. The van der Waals surface area contributed by atoms with E-state index in [0.717, 1.165) is 79.0 Å². The number of aromatic nitrogens is 2. The predicted molar refractivity (Wildman–Crippen MR) is 159 cm³/mol. The van der Waals surface area contributed by atoms with E-state index in [0.29, 0.717) is 0 Å². The molecule has 40 heavy (non-hydrogen) atoms. The molecule has 0 unspecified atom stereocenters. The molecule has 3 aliphatic heterocycles. The van der Waals surface area contributed by atoms with Gasteiger partial charge in [0.2, 0.25) is 0 Å². The monoisotopic (exact) mass is 513 g/mol.